The van der Waals surface area contributed by atoms with Gasteiger partial charge in [0.1, 0.15) is 0 Å². The molecule has 0 heterocycles. The lowest BCUT2D eigenvalue weighted by atomic mass is 9.59. The van der Waals surface area contributed by atoms with Crippen LogP contribution in [0.4, 0.5) is 0 Å². The highest BCUT2D eigenvalue weighted by molar-refractivity contribution is 7.34. The molecular formula is C43H56Si2. The number of fused-ring (bicyclic) bond motifs is 3. The molecule has 0 N–H and O–H groups in total. The second-order valence-electron chi connectivity index (χ2n) is 16.3. The normalized spacial score (nSPS) is 36.4. The zero-order valence-electron chi connectivity index (χ0n) is 27.9. The molecule has 3 aromatic rings. The monoisotopic (exact) mass is 628 g/mol. The van der Waals surface area contributed by atoms with Crippen molar-refractivity contribution in [3.63, 3.8) is 0 Å². The van der Waals surface area contributed by atoms with Crippen LogP contribution >= 0.6 is 0 Å². The fourth-order valence-electron chi connectivity index (χ4n) is 12.5. The molecule has 0 bridgehead atoms. The molecule has 5 aliphatic rings. The zero-order chi connectivity index (χ0) is 30.3. The zero-order valence-corrected chi connectivity index (χ0v) is 30.3. The SMILES string of the molecule is CCCCC1CCC([SiH](c2ccccc2)[SiH](c2ccccc2)C2C(C)CC3C2CC2CCCC2C3C2C=Cc3ccccc32)C1. The molecule has 5 aliphatic carbocycles. The molecule has 12 atom stereocenters. The Morgan fingerprint density at radius 2 is 1.42 bits per heavy atom. The Morgan fingerprint density at radius 3 is 2.20 bits per heavy atom. The van der Waals surface area contributed by atoms with Crippen molar-refractivity contribution in [2.45, 2.75) is 101 Å². The minimum atomic E-state index is -1.29. The summed E-state index contributed by atoms with van der Waals surface area (Å²) in [5, 5.41) is 3.66. The van der Waals surface area contributed by atoms with Gasteiger partial charge in [-0.25, -0.2) is 0 Å². The van der Waals surface area contributed by atoms with Crippen molar-refractivity contribution in [1.29, 1.82) is 0 Å². The van der Waals surface area contributed by atoms with E-state index in [4.69, 9.17) is 0 Å². The molecule has 0 aliphatic heterocycles. The van der Waals surface area contributed by atoms with Gasteiger partial charge in [0.05, 0.1) is 16.6 Å². The van der Waals surface area contributed by atoms with Crippen molar-refractivity contribution >= 4 is 33.1 Å². The van der Waals surface area contributed by atoms with Crippen LogP contribution in [0.25, 0.3) is 6.08 Å². The van der Waals surface area contributed by atoms with Crippen LogP contribution in [0.2, 0.25) is 11.1 Å². The van der Waals surface area contributed by atoms with Gasteiger partial charge in [0, 0.05) is 5.92 Å². The maximum absolute atomic E-state index is 2.74. The van der Waals surface area contributed by atoms with Gasteiger partial charge >= 0.3 is 0 Å². The predicted octanol–water partition coefficient (Wildman–Crippen LogP) is 9.58. The van der Waals surface area contributed by atoms with E-state index in [1.165, 1.54) is 69.8 Å². The Labute approximate surface area is 277 Å². The standard InChI is InChI=1S/C43H56Si2/c1-3-4-14-31-23-25-36(28-31)44(34-17-7-5-8-18-34)45(35-19-9-6-10-20-35)43-30(2)27-40-41(43)29-33-16-13-22-38(33)42(40)39-26-24-32-15-11-12-21-37(32)39/h5-12,15,17-21,24,26,30-31,33,36,38-45H,3-4,13-14,16,22-23,25,27-29H2,1-2H3. The molecule has 0 spiro atoms. The molecule has 3 aromatic carbocycles. The summed E-state index contributed by atoms with van der Waals surface area (Å²) < 4.78 is 0. The third kappa shape index (κ3) is 5.60. The van der Waals surface area contributed by atoms with Crippen LogP contribution in [0.3, 0.4) is 0 Å². The minimum absolute atomic E-state index is 0.652. The van der Waals surface area contributed by atoms with Crippen LogP contribution < -0.4 is 10.4 Å². The summed E-state index contributed by atoms with van der Waals surface area (Å²) >= 11 is 0. The first-order valence-corrected chi connectivity index (χ1v) is 24.2. The first kappa shape index (κ1) is 30.2. The fraction of sp³-hybridized carbons (Fsp3) is 0.535. The topological polar surface area (TPSA) is 0 Å². The predicted molar refractivity (Wildman–Crippen MR) is 199 cm³/mol. The van der Waals surface area contributed by atoms with Crippen LogP contribution in [-0.2, 0) is 0 Å². The van der Waals surface area contributed by atoms with E-state index in [-0.39, 0.29) is 0 Å². The van der Waals surface area contributed by atoms with Crippen molar-refractivity contribution < 1.29 is 0 Å². The number of hydrogen-bond acceptors (Lipinski definition) is 0. The van der Waals surface area contributed by atoms with E-state index in [2.05, 4.69) is 111 Å². The Bertz CT molecular complexity index is 1450. The summed E-state index contributed by atoms with van der Waals surface area (Å²) in [6.07, 6.45) is 21.5. The van der Waals surface area contributed by atoms with Crippen molar-refractivity contribution in [3.8, 4) is 0 Å². The van der Waals surface area contributed by atoms with Crippen LogP contribution in [-0.4, -0.2) is 16.6 Å². The average molecular weight is 629 g/mol. The number of hydrogen-bond donors (Lipinski definition) is 0. The van der Waals surface area contributed by atoms with Crippen LogP contribution in [0.15, 0.2) is 91.0 Å². The summed E-state index contributed by atoms with van der Waals surface area (Å²) in [5.74, 6) is 7.14. The maximum atomic E-state index is 2.74. The lowest BCUT2D eigenvalue weighted by Gasteiger charge is -2.48. The van der Waals surface area contributed by atoms with E-state index >= 15 is 0 Å². The molecule has 45 heavy (non-hydrogen) atoms. The third-order valence-electron chi connectivity index (χ3n) is 14.1. The molecule has 0 aromatic heterocycles. The van der Waals surface area contributed by atoms with Crippen LogP contribution in [0, 0.1) is 41.4 Å². The van der Waals surface area contributed by atoms with E-state index < -0.39 is 16.6 Å². The average Bonchev–Trinajstić information content (AvgIpc) is 3.89. The molecule has 4 saturated carbocycles. The molecule has 2 heteroatoms. The van der Waals surface area contributed by atoms with Crippen molar-refractivity contribution in [2.24, 2.45) is 41.4 Å². The number of rotatable bonds is 9. The molecule has 0 radical (unpaired) electrons. The molecule has 12 unspecified atom stereocenters. The summed E-state index contributed by atoms with van der Waals surface area (Å²) in [7, 11) is -2.51. The molecule has 0 saturated heterocycles. The summed E-state index contributed by atoms with van der Waals surface area (Å²) in [5.41, 5.74) is 5.13. The van der Waals surface area contributed by atoms with Gasteiger partial charge in [-0.3, -0.25) is 0 Å². The summed E-state index contributed by atoms with van der Waals surface area (Å²) in [6.45, 7) is 5.13. The largest absolute Gasteiger partial charge is 0.0761 e. The van der Waals surface area contributed by atoms with Gasteiger partial charge in [-0.05, 0) is 82.9 Å². The first-order chi connectivity index (χ1) is 22.2. The van der Waals surface area contributed by atoms with Gasteiger partial charge in [-0.15, -0.1) is 0 Å². The van der Waals surface area contributed by atoms with Crippen molar-refractivity contribution in [1.82, 2.24) is 0 Å². The Balaban J connectivity index is 1.20. The smallest absolute Gasteiger partial charge is 0.0705 e. The van der Waals surface area contributed by atoms with E-state index in [0.717, 1.165) is 52.5 Å². The Hall–Kier alpha value is -2.17. The second kappa shape index (κ2) is 13.1. The highest BCUT2D eigenvalue weighted by atomic mass is 29.2. The minimum Gasteiger partial charge on any atom is -0.0761 e. The molecular weight excluding hydrogens is 573 g/mol. The van der Waals surface area contributed by atoms with Crippen molar-refractivity contribution in [3.05, 3.63) is 102 Å². The molecule has 236 valence electrons. The van der Waals surface area contributed by atoms with E-state index in [1.54, 1.807) is 12.0 Å². The maximum Gasteiger partial charge on any atom is 0.0705 e. The molecule has 0 amide bonds. The van der Waals surface area contributed by atoms with Gasteiger partial charge in [0.25, 0.3) is 0 Å². The molecule has 4 fully saturated rings. The van der Waals surface area contributed by atoms with Gasteiger partial charge < -0.3 is 0 Å². The Kier molecular flexibility index (Phi) is 8.82. The number of allylic oxidation sites excluding steroid dienone is 1. The van der Waals surface area contributed by atoms with E-state index in [9.17, 15) is 0 Å². The van der Waals surface area contributed by atoms with Gasteiger partial charge in [-0.1, -0.05) is 173 Å². The van der Waals surface area contributed by atoms with Crippen molar-refractivity contribution in [2.75, 3.05) is 0 Å². The fourth-order valence-corrected chi connectivity index (χ4v) is 29.9. The van der Waals surface area contributed by atoms with Gasteiger partial charge in [0.15, 0.2) is 0 Å². The lowest BCUT2D eigenvalue weighted by Crippen LogP contribution is -2.59. The van der Waals surface area contributed by atoms with Gasteiger partial charge in [0.2, 0.25) is 0 Å². The van der Waals surface area contributed by atoms with E-state index in [0.29, 0.717) is 5.92 Å². The highest BCUT2D eigenvalue weighted by Crippen LogP contribution is 2.65. The molecule has 0 nitrogen and oxygen atoms in total. The number of unbranched alkanes of at least 4 members (excludes halogenated alkanes) is 1. The van der Waals surface area contributed by atoms with E-state index in [1.807, 2.05) is 10.4 Å². The lowest BCUT2D eigenvalue weighted by molar-refractivity contribution is 0.0629. The summed E-state index contributed by atoms with van der Waals surface area (Å²) in [4.78, 5) is 0. The summed E-state index contributed by atoms with van der Waals surface area (Å²) in [6, 6.07) is 34.0. The second-order valence-corrected chi connectivity index (χ2v) is 25.7. The highest BCUT2D eigenvalue weighted by Gasteiger charge is 2.58. The van der Waals surface area contributed by atoms with Crippen LogP contribution in [0.5, 0.6) is 0 Å². The molecule has 8 rings (SSSR count). The van der Waals surface area contributed by atoms with Gasteiger partial charge in [-0.2, -0.15) is 0 Å². The Morgan fingerprint density at radius 1 is 0.689 bits per heavy atom. The van der Waals surface area contributed by atoms with Crippen LogP contribution in [0.1, 0.15) is 102 Å². The quantitative estimate of drug-likeness (QED) is 0.207. The number of benzene rings is 3. The third-order valence-corrected chi connectivity index (χ3v) is 28.4. The first-order valence-electron chi connectivity index (χ1n) is 19.1.